The van der Waals surface area contributed by atoms with E-state index in [9.17, 15) is 5.11 Å². The highest BCUT2D eigenvalue weighted by Gasteiger charge is 2.15. The molecule has 0 aliphatic rings. The normalized spacial score (nSPS) is 11.9. The van der Waals surface area contributed by atoms with Gasteiger partial charge in [-0.05, 0) is 6.07 Å². The smallest absolute Gasteiger partial charge is 0.115 e. The van der Waals surface area contributed by atoms with E-state index in [1.54, 1.807) is 24.3 Å². The Morgan fingerprint density at radius 1 is 1.50 bits per heavy atom. The van der Waals surface area contributed by atoms with Gasteiger partial charge in [-0.2, -0.15) is 5.26 Å². The summed E-state index contributed by atoms with van der Waals surface area (Å²) in [7, 11) is 0. The summed E-state index contributed by atoms with van der Waals surface area (Å²) in [5, 5.41) is 18.8. The minimum atomic E-state index is -1.09. The van der Waals surface area contributed by atoms with Crippen LogP contribution in [0.2, 0.25) is 10.0 Å². The minimum Gasteiger partial charge on any atom is -0.383 e. The molecule has 4 heteroatoms. The second-order valence-electron chi connectivity index (χ2n) is 2.68. The first kappa shape index (κ1) is 11.1. The van der Waals surface area contributed by atoms with E-state index in [-0.39, 0.29) is 10.6 Å². The molecule has 0 aliphatic heterocycles. The van der Waals surface area contributed by atoms with Gasteiger partial charge in [0, 0.05) is 5.56 Å². The quantitative estimate of drug-likeness (QED) is 0.790. The van der Waals surface area contributed by atoms with E-state index in [1.807, 2.05) is 0 Å². The molecule has 1 rings (SSSR count). The van der Waals surface area contributed by atoms with Gasteiger partial charge < -0.3 is 5.11 Å². The predicted octanol–water partition coefficient (Wildman–Crippen LogP) is 3.11. The van der Waals surface area contributed by atoms with Crippen molar-refractivity contribution < 1.29 is 5.11 Å². The molecule has 14 heavy (non-hydrogen) atoms. The largest absolute Gasteiger partial charge is 0.383 e. The average Bonchev–Trinajstić information content (AvgIpc) is 2.20. The number of nitriles is 1. The van der Waals surface area contributed by atoms with E-state index in [0.717, 1.165) is 0 Å². The Morgan fingerprint density at radius 2 is 2.14 bits per heavy atom. The third kappa shape index (κ3) is 2.08. The van der Waals surface area contributed by atoms with Crippen molar-refractivity contribution in [2.24, 2.45) is 0 Å². The maximum absolute atomic E-state index is 9.63. The summed E-state index contributed by atoms with van der Waals surface area (Å²) in [5.41, 5.74) is 0.430. The number of aliphatic hydroxyl groups is 1. The van der Waals surface area contributed by atoms with Gasteiger partial charge in [0.1, 0.15) is 6.10 Å². The van der Waals surface area contributed by atoms with Crippen LogP contribution in [0, 0.1) is 11.3 Å². The van der Waals surface area contributed by atoms with Gasteiger partial charge in [0.2, 0.25) is 0 Å². The van der Waals surface area contributed by atoms with Crippen LogP contribution in [0.5, 0.6) is 0 Å². The number of hydrogen-bond donors (Lipinski definition) is 1. The van der Waals surface area contributed by atoms with Gasteiger partial charge in [-0.25, -0.2) is 0 Å². The number of halogens is 2. The van der Waals surface area contributed by atoms with Crippen LogP contribution < -0.4 is 0 Å². The number of benzene rings is 1. The summed E-state index contributed by atoms with van der Waals surface area (Å²) in [4.78, 5) is 0. The lowest BCUT2D eigenvalue weighted by Crippen LogP contribution is -1.99. The van der Waals surface area contributed by atoms with Crippen LogP contribution in [-0.2, 0) is 0 Å². The van der Waals surface area contributed by atoms with Gasteiger partial charge in [0.15, 0.2) is 0 Å². The summed E-state index contributed by atoms with van der Waals surface area (Å²) in [6, 6.07) is 6.62. The lowest BCUT2D eigenvalue weighted by molar-refractivity contribution is 0.221. The van der Waals surface area contributed by atoms with Crippen LogP contribution in [0.4, 0.5) is 0 Å². The lowest BCUT2D eigenvalue weighted by atomic mass is 10.0. The van der Waals surface area contributed by atoms with Gasteiger partial charge in [-0.3, -0.25) is 0 Å². The minimum absolute atomic E-state index is 0.0363. The molecule has 1 unspecified atom stereocenters. The molecule has 0 aromatic heterocycles. The summed E-state index contributed by atoms with van der Waals surface area (Å²) >= 11 is 11.6. The third-order valence-corrected chi connectivity index (χ3v) is 2.58. The standard InChI is InChI=1S/C10H7Cl2NO/c1-6(5-13)10(14)7-3-2-4-8(11)9(7)12/h2-4,10,14H,1H2. The Hall–Kier alpha value is -1.01. The Bertz CT molecular complexity index is 409. The molecule has 0 bridgehead atoms. The summed E-state index contributed by atoms with van der Waals surface area (Å²) in [6.07, 6.45) is -1.09. The summed E-state index contributed by atoms with van der Waals surface area (Å²) in [5.74, 6) is 0. The Balaban J connectivity index is 3.15. The van der Waals surface area contributed by atoms with Gasteiger partial charge in [0.05, 0.1) is 21.7 Å². The first-order valence-corrected chi connectivity index (χ1v) is 4.54. The Kier molecular flexibility index (Phi) is 3.54. The van der Waals surface area contributed by atoms with Gasteiger partial charge in [0.25, 0.3) is 0 Å². The first-order valence-electron chi connectivity index (χ1n) is 3.78. The molecule has 0 spiro atoms. The summed E-state index contributed by atoms with van der Waals surface area (Å²) in [6.45, 7) is 3.41. The Labute approximate surface area is 92.0 Å². The highest BCUT2D eigenvalue weighted by molar-refractivity contribution is 6.42. The van der Waals surface area contributed by atoms with E-state index in [4.69, 9.17) is 28.5 Å². The molecule has 2 nitrogen and oxygen atoms in total. The van der Waals surface area contributed by atoms with Crippen molar-refractivity contribution in [1.29, 1.82) is 5.26 Å². The average molecular weight is 228 g/mol. The predicted molar refractivity (Wildman–Crippen MR) is 56.2 cm³/mol. The van der Waals surface area contributed by atoms with Crippen molar-refractivity contribution >= 4 is 23.2 Å². The molecular formula is C10H7Cl2NO. The van der Waals surface area contributed by atoms with Crippen molar-refractivity contribution in [2.45, 2.75) is 6.10 Å². The fourth-order valence-electron chi connectivity index (χ4n) is 0.981. The molecule has 0 fully saturated rings. The zero-order chi connectivity index (χ0) is 10.7. The highest BCUT2D eigenvalue weighted by atomic mass is 35.5. The Morgan fingerprint density at radius 3 is 2.71 bits per heavy atom. The molecule has 0 radical (unpaired) electrons. The molecule has 0 aliphatic carbocycles. The van der Waals surface area contributed by atoms with E-state index < -0.39 is 6.10 Å². The topological polar surface area (TPSA) is 44.0 Å². The number of aliphatic hydroxyl groups excluding tert-OH is 1. The van der Waals surface area contributed by atoms with E-state index >= 15 is 0 Å². The lowest BCUT2D eigenvalue weighted by Gasteiger charge is -2.11. The SMILES string of the molecule is C=C(C#N)C(O)c1cccc(Cl)c1Cl. The number of nitrogens with zero attached hydrogens (tertiary/aromatic N) is 1. The molecule has 0 saturated carbocycles. The van der Waals surface area contributed by atoms with Crippen LogP contribution in [0.15, 0.2) is 30.4 Å². The van der Waals surface area contributed by atoms with E-state index in [1.165, 1.54) is 0 Å². The second kappa shape index (κ2) is 4.47. The molecule has 0 saturated heterocycles. The zero-order valence-electron chi connectivity index (χ0n) is 7.17. The molecule has 0 heterocycles. The number of rotatable bonds is 2. The molecular weight excluding hydrogens is 221 g/mol. The fraction of sp³-hybridized carbons (Fsp3) is 0.100. The maximum atomic E-state index is 9.63. The first-order chi connectivity index (χ1) is 6.57. The third-order valence-electron chi connectivity index (χ3n) is 1.75. The number of hydrogen-bond acceptors (Lipinski definition) is 2. The molecule has 1 atom stereocenters. The van der Waals surface area contributed by atoms with Crippen LogP contribution in [0.1, 0.15) is 11.7 Å². The van der Waals surface area contributed by atoms with Crippen LogP contribution in [0.3, 0.4) is 0 Å². The zero-order valence-corrected chi connectivity index (χ0v) is 8.68. The maximum Gasteiger partial charge on any atom is 0.115 e. The highest BCUT2D eigenvalue weighted by Crippen LogP contribution is 2.32. The van der Waals surface area contributed by atoms with Gasteiger partial charge in [-0.15, -0.1) is 0 Å². The molecule has 1 aromatic carbocycles. The van der Waals surface area contributed by atoms with Gasteiger partial charge in [-0.1, -0.05) is 41.9 Å². The summed E-state index contributed by atoms with van der Waals surface area (Å²) < 4.78 is 0. The molecule has 0 amide bonds. The second-order valence-corrected chi connectivity index (χ2v) is 3.47. The van der Waals surface area contributed by atoms with Crippen molar-refractivity contribution in [3.8, 4) is 6.07 Å². The van der Waals surface area contributed by atoms with Crippen molar-refractivity contribution in [2.75, 3.05) is 0 Å². The van der Waals surface area contributed by atoms with Gasteiger partial charge >= 0.3 is 0 Å². The van der Waals surface area contributed by atoms with Crippen LogP contribution in [0.25, 0.3) is 0 Å². The molecule has 1 N–H and O–H groups in total. The van der Waals surface area contributed by atoms with Crippen LogP contribution >= 0.6 is 23.2 Å². The van der Waals surface area contributed by atoms with Crippen LogP contribution in [-0.4, -0.2) is 5.11 Å². The molecule has 72 valence electrons. The van der Waals surface area contributed by atoms with Crippen molar-refractivity contribution in [1.82, 2.24) is 0 Å². The van der Waals surface area contributed by atoms with E-state index in [2.05, 4.69) is 6.58 Å². The van der Waals surface area contributed by atoms with Crippen molar-refractivity contribution in [3.63, 3.8) is 0 Å². The van der Waals surface area contributed by atoms with Crippen molar-refractivity contribution in [3.05, 3.63) is 46.0 Å². The van der Waals surface area contributed by atoms with E-state index in [0.29, 0.717) is 10.6 Å². The monoisotopic (exact) mass is 227 g/mol. The molecule has 1 aromatic rings. The fourth-order valence-corrected chi connectivity index (χ4v) is 1.39.